The summed E-state index contributed by atoms with van der Waals surface area (Å²) >= 11 is 0. The number of allylic oxidation sites excluding steroid dienone is 5. The largest absolute Gasteiger partial charge is 0.399 e. The SMILES string of the molecule is NC1=CCC(=C2CCCCC2)C=C1. The van der Waals surface area contributed by atoms with Crippen LogP contribution in [0.4, 0.5) is 0 Å². The minimum Gasteiger partial charge on any atom is -0.399 e. The molecule has 0 aromatic rings. The average Bonchev–Trinajstić information content (AvgIpc) is 2.20. The van der Waals surface area contributed by atoms with Crippen LogP contribution < -0.4 is 5.73 Å². The average molecular weight is 175 g/mol. The number of hydrogen-bond donors (Lipinski definition) is 1. The van der Waals surface area contributed by atoms with Crippen molar-refractivity contribution in [3.8, 4) is 0 Å². The highest BCUT2D eigenvalue weighted by Gasteiger charge is 2.10. The third kappa shape index (κ3) is 2.03. The van der Waals surface area contributed by atoms with Crippen LogP contribution in [-0.4, -0.2) is 0 Å². The van der Waals surface area contributed by atoms with Gasteiger partial charge in [-0.2, -0.15) is 0 Å². The Morgan fingerprint density at radius 1 is 1.00 bits per heavy atom. The van der Waals surface area contributed by atoms with E-state index in [0.29, 0.717) is 0 Å². The van der Waals surface area contributed by atoms with Gasteiger partial charge in [-0.05, 0) is 43.8 Å². The van der Waals surface area contributed by atoms with Gasteiger partial charge in [0.25, 0.3) is 0 Å². The van der Waals surface area contributed by atoms with Crippen molar-refractivity contribution in [2.24, 2.45) is 5.73 Å². The van der Waals surface area contributed by atoms with Gasteiger partial charge in [0.2, 0.25) is 0 Å². The van der Waals surface area contributed by atoms with E-state index in [1.54, 1.807) is 5.57 Å². The van der Waals surface area contributed by atoms with Crippen molar-refractivity contribution in [3.05, 3.63) is 35.1 Å². The molecule has 0 aromatic heterocycles. The molecule has 2 rings (SSSR count). The summed E-state index contributed by atoms with van der Waals surface area (Å²) in [4.78, 5) is 0. The maximum Gasteiger partial charge on any atom is 0.0276 e. The first-order chi connectivity index (χ1) is 6.36. The molecular weight excluding hydrogens is 158 g/mol. The van der Waals surface area contributed by atoms with E-state index in [4.69, 9.17) is 5.73 Å². The smallest absolute Gasteiger partial charge is 0.0276 e. The number of rotatable bonds is 0. The van der Waals surface area contributed by atoms with Crippen LogP contribution in [0.25, 0.3) is 0 Å². The molecule has 1 saturated carbocycles. The maximum atomic E-state index is 5.68. The fourth-order valence-corrected chi connectivity index (χ4v) is 2.12. The van der Waals surface area contributed by atoms with Gasteiger partial charge in [-0.25, -0.2) is 0 Å². The third-order valence-electron chi connectivity index (χ3n) is 2.95. The Labute approximate surface area is 80.0 Å². The summed E-state index contributed by atoms with van der Waals surface area (Å²) in [6.45, 7) is 0. The Morgan fingerprint density at radius 2 is 1.77 bits per heavy atom. The Bertz CT molecular complexity index is 273. The third-order valence-corrected chi connectivity index (χ3v) is 2.95. The van der Waals surface area contributed by atoms with Gasteiger partial charge in [-0.15, -0.1) is 0 Å². The molecule has 70 valence electrons. The lowest BCUT2D eigenvalue weighted by Crippen LogP contribution is -2.02. The highest BCUT2D eigenvalue weighted by Crippen LogP contribution is 2.29. The van der Waals surface area contributed by atoms with Gasteiger partial charge in [0.1, 0.15) is 0 Å². The van der Waals surface area contributed by atoms with Gasteiger partial charge in [0.15, 0.2) is 0 Å². The molecule has 1 fully saturated rings. The van der Waals surface area contributed by atoms with Crippen molar-refractivity contribution in [2.45, 2.75) is 38.5 Å². The summed E-state index contributed by atoms with van der Waals surface area (Å²) in [6.07, 6.45) is 14.2. The van der Waals surface area contributed by atoms with Crippen LogP contribution in [0.3, 0.4) is 0 Å². The molecule has 1 nitrogen and oxygen atoms in total. The Kier molecular flexibility index (Phi) is 2.53. The lowest BCUT2D eigenvalue weighted by molar-refractivity contribution is 0.593. The van der Waals surface area contributed by atoms with Crippen LogP contribution in [0.2, 0.25) is 0 Å². The van der Waals surface area contributed by atoms with Crippen molar-refractivity contribution in [1.82, 2.24) is 0 Å². The number of hydrogen-bond acceptors (Lipinski definition) is 1. The highest BCUT2D eigenvalue weighted by atomic mass is 14.6. The van der Waals surface area contributed by atoms with Gasteiger partial charge in [0, 0.05) is 5.70 Å². The minimum atomic E-state index is 0.917. The predicted octanol–water partition coefficient (Wildman–Crippen LogP) is 3.05. The first-order valence-corrected chi connectivity index (χ1v) is 5.21. The summed E-state index contributed by atoms with van der Waals surface area (Å²) in [5.41, 5.74) is 9.79. The first kappa shape index (κ1) is 8.61. The molecule has 0 heterocycles. The molecule has 0 saturated heterocycles. The standard InChI is InChI=1S/C12H17N/c13-12-8-6-11(7-9-12)10-4-2-1-3-5-10/h6,8-9H,1-5,7,13H2. The summed E-state index contributed by atoms with van der Waals surface area (Å²) < 4.78 is 0. The quantitative estimate of drug-likeness (QED) is 0.601. The predicted molar refractivity (Wildman–Crippen MR) is 56.1 cm³/mol. The molecule has 0 aromatic carbocycles. The fourth-order valence-electron chi connectivity index (χ4n) is 2.12. The van der Waals surface area contributed by atoms with E-state index in [2.05, 4.69) is 12.2 Å². The van der Waals surface area contributed by atoms with Crippen molar-refractivity contribution < 1.29 is 0 Å². The molecule has 0 spiro atoms. The molecule has 0 radical (unpaired) electrons. The molecule has 0 aliphatic heterocycles. The zero-order valence-corrected chi connectivity index (χ0v) is 8.05. The van der Waals surface area contributed by atoms with E-state index < -0.39 is 0 Å². The summed E-state index contributed by atoms with van der Waals surface area (Å²) in [6, 6.07) is 0. The molecule has 2 N–H and O–H groups in total. The minimum absolute atomic E-state index is 0.917. The highest BCUT2D eigenvalue weighted by molar-refractivity contribution is 5.37. The molecule has 0 bridgehead atoms. The van der Waals surface area contributed by atoms with E-state index in [0.717, 1.165) is 12.1 Å². The van der Waals surface area contributed by atoms with E-state index in [1.807, 2.05) is 6.08 Å². The van der Waals surface area contributed by atoms with E-state index in [-0.39, 0.29) is 0 Å². The molecule has 2 aliphatic rings. The van der Waals surface area contributed by atoms with Crippen LogP contribution in [-0.2, 0) is 0 Å². The zero-order chi connectivity index (χ0) is 9.10. The molecule has 13 heavy (non-hydrogen) atoms. The summed E-state index contributed by atoms with van der Waals surface area (Å²) in [5, 5.41) is 0. The number of nitrogens with two attached hydrogens (primary N) is 1. The molecule has 0 amide bonds. The Morgan fingerprint density at radius 3 is 2.38 bits per heavy atom. The second-order valence-electron chi connectivity index (χ2n) is 3.93. The molecule has 0 unspecified atom stereocenters. The van der Waals surface area contributed by atoms with Gasteiger partial charge in [0.05, 0.1) is 0 Å². The van der Waals surface area contributed by atoms with Crippen LogP contribution in [0, 0.1) is 0 Å². The van der Waals surface area contributed by atoms with Crippen LogP contribution in [0.15, 0.2) is 35.1 Å². The van der Waals surface area contributed by atoms with Crippen molar-refractivity contribution in [2.75, 3.05) is 0 Å². The second kappa shape index (κ2) is 3.82. The normalized spacial score (nSPS) is 23.2. The monoisotopic (exact) mass is 175 g/mol. The van der Waals surface area contributed by atoms with Crippen molar-refractivity contribution >= 4 is 0 Å². The van der Waals surface area contributed by atoms with Gasteiger partial charge in [-0.3, -0.25) is 0 Å². The van der Waals surface area contributed by atoms with Gasteiger partial charge in [-0.1, -0.05) is 24.1 Å². The lowest BCUT2D eigenvalue weighted by atomic mass is 9.88. The van der Waals surface area contributed by atoms with Crippen LogP contribution in [0.5, 0.6) is 0 Å². The van der Waals surface area contributed by atoms with Crippen LogP contribution in [0.1, 0.15) is 38.5 Å². The second-order valence-corrected chi connectivity index (χ2v) is 3.93. The van der Waals surface area contributed by atoms with Crippen molar-refractivity contribution in [1.29, 1.82) is 0 Å². The van der Waals surface area contributed by atoms with E-state index in [1.165, 1.54) is 37.7 Å². The molecule has 1 heteroatoms. The summed E-state index contributed by atoms with van der Waals surface area (Å²) in [7, 11) is 0. The molecular formula is C12H17N. The maximum absolute atomic E-state index is 5.68. The topological polar surface area (TPSA) is 26.0 Å². The Balaban J connectivity index is 2.11. The fraction of sp³-hybridized carbons (Fsp3) is 0.500. The van der Waals surface area contributed by atoms with Gasteiger partial charge >= 0.3 is 0 Å². The van der Waals surface area contributed by atoms with E-state index >= 15 is 0 Å². The summed E-state index contributed by atoms with van der Waals surface area (Å²) in [5.74, 6) is 0. The van der Waals surface area contributed by atoms with Crippen molar-refractivity contribution in [3.63, 3.8) is 0 Å². The van der Waals surface area contributed by atoms with E-state index in [9.17, 15) is 0 Å². The first-order valence-electron chi connectivity index (χ1n) is 5.21. The van der Waals surface area contributed by atoms with Crippen LogP contribution >= 0.6 is 0 Å². The lowest BCUT2D eigenvalue weighted by Gasteiger charge is -2.18. The molecule has 2 aliphatic carbocycles. The molecule has 0 atom stereocenters. The van der Waals surface area contributed by atoms with Gasteiger partial charge < -0.3 is 5.73 Å². The zero-order valence-electron chi connectivity index (χ0n) is 8.05. The Hall–Kier alpha value is -0.980.